The molecule has 0 radical (unpaired) electrons. The molecule has 2 heterocycles. The van der Waals surface area contributed by atoms with Gasteiger partial charge in [0.15, 0.2) is 0 Å². The summed E-state index contributed by atoms with van der Waals surface area (Å²) in [5, 5.41) is 3.24. The standard InChI is InChI=1S/C13H22N6O/c1-17(2)13-15-5-4-11(16-13)18(3)10-12(20)19-8-6-14-7-9-19/h4-5,14H,6-10H2,1-3H3. The molecule has 0 atom stereocenters. The molecule has 110 valence electrons. The minimum atomic E-state index is 0.138. The van der Waals surface area contributed by atoms with Crippen LogP contribution in [0.2, 0.25) is 0 Å². The largest absolute Gasteiger partial charge is 0.350 e. The summed E-state index contributed by atoms with van der Waals surface area (Å²) in [6.07, 6.45) is 1.71. The second-order valence-corrected chi connectivity index (χ2v) is 5.10. The number of amides is 1. The molecule has 1 N–H and O–H groups in total. The summed E-state index contributed by atoms with van der Waals surface area (Å²) in [5.74, 6) is 1.54. The number of rotatable bonds is 4. The predicted octanol–water partition coefficient (Wildman–Crippen LogP) is -0.589. The lowest BCUT2D eigenvalue weighted by Gasteiger charge is -2.29. The summed E-state index contributed by atoms with van der Waals surface area (Å²) in [7, 11) is 5.66. The highest BCUT2D eigenvalue weighted by Crippen LogP contribution is 2.12. The molecule has 0 bridgehead atoms. The van der Waals surface area contributed by atoms with Crippen molar-refractivity contribution in [3.05, 3.63) is 12.3 Å². The van der Waals surface area contributed by atoms with E-state index in [0.29, 0.717) is 12.5 Å². The number of aromatic nitrogens is 2. The Kier molecular flexibility index (Phi) is 4.73. The van der Waals surface area contributed by atoms with Gasteiger partial charge in [0.1, 0.15) is 5.82 Å². The zero-order chi connectivity index (χ0) is 14.5. The first-order valence-electron chi connectivity index (χ1n) is 6.78. The molecule has 0 aromatic carbocycles. The van der Waals surface area contributed by atoms with Crippen LogP contribution in [0.4, 0.5) is 11.8 Å². The lowest BCUT2D eigenvalue weighted by atomic mass is 10.3. The second kappa shape index (κ2) is 6.51. The molecule has 2 rings (SSSR count). The molecule has 7 nitrogen and oxygen atoms in total. The van der Waals surface area contributed by atoms with Crippen molar-refractivity contribution in [2.75, 3.05) is 63.7 Å². The summed E-state index contributed by atoms with van der Waals surface area (Å²) >= 11 is 0. The topological polar surface area (TPSA) is 64.6 Å². The van der Waals surface area contributed by atoms with E-state index >= 15 is 0 Å². The maximum atomic E-state index is 12.2. The Bertz CT molecular complexity index is 458. The third-order valence-corrected chi connectivity index (χ3v) is 3.26. The third kappa shape index (κ3) is 3.57. The molecule has 0 saturated carbocycles. The number of hydrogen-bond donors (Lipinski definition) is 1. The van der Waals surface area contributed by atoms with E-state index in [-0.39, 0.29) is 5.91 Å². The fourth-order valence-corrected chi connectivity index (χ4v) is 2.07. The molecular weight excluding hydrogens is 256 g/mol. The van der Waals surface area contributed by atoms with E-state index in [1.165, 1.54) is 0 Å². The molecule has 1 aromatic rings. The Morgan fingerprint density at radius 1 is 1.35 bits per heavy atom. The van der Waals surface area contributed by atoms with E-state index in [0.717, 1.165) is 32.0 Å². The Hall–Kier alpha value is -1.89. The fourth-order valence-electron chi connectivity index (χ4n) is 2.07. The van der Waals surface area contributed by atoms with E-state index in [1.807, 2.05) is 41.9 Å². The van der Waals surface area contributed by atoms with Crippen molar-refractivity contribution in [1.82, 2.24) is 20.2 Å². The SMILES string of the molecule is CN(C)c1nccc(N(C)CC(=O)N2CCNCC2)n1. The molecule has 1 aromatic heterocycles. The number of nitrogens with zero attached hydrogens (tertiary/aromatic N) is 5. The highest BCUT2D eigenvalue weighted by atomic mass is 16.2. The van der Waals surface area contributed by atoms with E-state index in [1.54, 1.807) is 6.20 Å². The quantitative estimate of drug-likeness (QED) is 0.794. The number of piperazine rings is 1. The third-order valence-electron chi connectivity index (χ3n) is 3.26. The van der Waals surface area contributed by atoms with Crippen LogP contribution < -0.4 is 15.1 Å². The van der Waals surface area contributed by atoms with Gasteiger partial charge in [0.2, 0.25) is 11.9 Å². The van der Waals surface area contributed by atoms with Gasteiger partial charge in [-0.1, -0.05) is 0 Å². The van der Waals surface area contributed by atoms with Crippen LogP contribution >= 0.6 is 0 Å². The van der Waals surface area contributed by atoms with Crippen molar-refractivity contribution >= 4 is 17.7 Å². The Morgan fingerprint density at radius 3 is 2.70 bits per heavy atom. The van der Waals surface area contributed by atoms with Crippen LogP contribution in [0.3, 0.4) is 0 Å². The highest BCUT2D eigenvalue weighted by molar-refractivity contribution is 5.81. The molecular formula is C13H22N6O. The van der Waals surface area contributed by atoms with Crippen LogP contribution in [0, 0.1) is 0 Å². The van der Waals surface area contributed by atoms with Gasteiger partial charge in [-0.25, -0.2) is 4.98 Å². The van der Waals surface area contributed by atoms with Crippen molar-refractivity contribution in [3.8, 4) is 0 Å². The molecule has 0 aliphatic carbocycles. The Morgan fingerprint density at radius 2 is 2.05 bits per heavy atom. The first kappa shape index (κ1) is 14.5. The molecule has 1 aliphatic rings. The number of carbonyl (C=O) groups is 1. The number of hydrogen-bond acceptors (Lipinski definition) is 6. The first-order valence-corrected chi connectivity index (χ1v) is 6.78. The molecule has 7 heteroatoms. The summed E-state index contributed by atoms with van der Waals surface area (Å²) in [6, 6.07) is 1.82. The van der Waals surface area contributed by atoms with Crippen molar-refractivity contribution in [2.24, 2.45) is 0 Å². The fraction of sp³-hybridized carbons (Fsp3) is 0.615. The first-order chi connectivity index (χ1) is 9.58. The van der Waals surface area contributed by atoms with E-state index in [4.69, 9.17) is 0 Å². The summed E-state index contributed by atoms with van der Waals surface area (Å²) < 4.78 is 0. The Balaban J connectivity index is 1.98. The molecule has 20 heavy (non-hydrogen) atoms. The lowest BCUT2D eigenvalue weighted by molar-refractivity contribution is -0.130. The van der Waals surface area contributed by atoms with Gasteiger partial charge in [-0.2, -0.15) is 4.98 Å². The van der Waals surface area contributed by atoms with Crippen molar-refractivity contribution in [2.45, 2.75) is 0 Å². The van der Waals surface area contributed by atoms with Crippen molar-refractivity contribution in [3.63, 3.8) is 0 Å². The van der Waals surface area contributed by atoms with Crippen LogP contribution in [0.1, 0.15) is 0 Å². The maximum absolute atomic E-state index is 12.2. The van der Waals surface area contributed by atoms with Crippen LogP contribution in [0.5, 0.6) is 0 Å². The van der Waals surface area contributed by atoms with Gasteiger partial charge in [-0.3, -0.25) is 4.79 Å². The summed E-state index contributed by atoms with van der Waals surface area (Å²) in [5.41, 5.74) is 0. The van der Waals surface area contributed by atoms with Gasteiger partial charge in [-0.05, 0) is 6.07 Å². The normalized spacial score (nSPS) is 15.1. The molecule has 0 unspecified atom stereocenters. The molecule has 1 fully saturated rings. The number of carbonyl (C=O) groups excluding carboxylic acids is 1. The van der Waals surface area contributed by atoms with Gasteiger partial charge in [0.25, 0.3) is 0 Å². The lowest BCUT2D eigenvalue weighted by Crippen LogP contribution is -2.49. The zero-order valence-electron chi connectivity index (χ0n) is 12.3. The van der Waals surface area contributed by atoms with Crippen LogP contribution in [0.15, 0.2) is 12.3 Å². The van der Waals surface area contributed by atoms with Crippen LogP contribution in [-0.4, -0.2) is 74.6 Å². The highest BCUT2D eigenvalue weighted by Gasteiger charge is 2.18. The van der Waals surface area contributed by atoms with Gasteiger partial charge in [-0.15, -0.1) is 0 Å². The van der Waals surface area contributed by atoms with Gasteiger partial charge in [0.05, 0.1) is 6.54 Å². The summed E-state index contributed by atoms with van der Waals surface area (Å²) in [4.78, 5) is 26.4. The van der Waals surface area contributed by atoms with Crippen LogP contribution in [0.25, 0.3) is 0 Å². The van der Waals surface area contributed by atoms with Crippen molar-refractivity contribution < 1.29 is 4.79 Å². The second-order valence-electron chi connectivity index (χ2n) is 5.10. The molecule has 1 amide bonds. The number of likely N-dealkylation sites (N-methyl/N-ethyl adjacent to an activating group) is 1. The predicted molar refractivity (Wildman–Crippen MR) is 79.1 cm³/mol. The van der Waals surface area contributed by atoms with E-state index < -0.39 is 0 Å². The Labute approximate surface area is 119 Å². The monoisotopic (exact) mass is 278 g/mol. The van der Waals surface area contributed by atoms with E-state index in [2.05, 4.69) is 15.3 Å². The molecule has 0 spiro atoms. The van der Waals surface area contributed by atoms with E-state index in [9.17, 15) is 4.79 Å². The summed E-state index contributed by atoms with van der Waals surface area (Å²) in [6.45, 7) is 3.63. The zero-order valence-corrected chi connectivity index (χ0v) is 12.3. The smallest absolute Gasteiger partial charge is 0.242 e. The van der Waals surface area contributed by atoms with Crippen LogP contribution in [-0.2, 0) is 4.79 Å². The molecule has 1 aliphatic heterocycles. The van der Waals surface area contributed by atoms with Crippen molar-refractivity contribution in [1.29, 1.82) is 0 Å². The average molecular weight is 278 g/mol. The minimum absolute atomic E-state index is 0.138. The minimum Gasteiger partial charge on any atom is -0.350 e. The van der Waals surface area contributed by atoms with Gasteiger partial charge < -0.3 is 20.0 Å². The number of nitrogens with one attached hydrogen (secondary N) is 1. The maximum Gasteiger partial charge on any atom is 0.242 e. The number of anilines is 2. The average Bonchev–Trinajstić information content (AvgIpc) is 2.48. The molecule has 1 saturated heterocycles. The van der Waals surface area contributed by atoms with Gasteiger partial charge >= 0.3 is 0 Å². The van der Waals surface area contributed by atoms with Gasteiger partial charge in [0, 0.05) is 53.5 Å².